The number of ether oxygens (including phenoxy) is 1. The fraction of sp³-hybridized carbons (Fsp3) is 0.778. The van der Waals surface area contributed by atoms with E-state index in [0.717, 1.165) is 0 Å². The van der Waals surface area contributed by atoms with E-state index in [2.05, 4.69) is 5.32 Å². The molecule has 1 atom stereocenters. The second-order valence-electron chi connectivity index (χ2n) is 4.22. The predicted octanol–water partition coefficient (Wildman–Crippen LogP) is 1.58. The van der Waals surface area contributed by atoms with E-state index in [9.17, 15) is 4.79 Å². The molecule has 0 aromatic heterocycles. The number of hydrogen-bond acceptors (Lipinski definition) is 3. The summed E-state index contributed by atoms with van der Waals surface area (Å²) in [6.07, 6.45) is 0.0374. The Morgan fingerprint density at radius 1 is 1.57 bits per heavy atom. The Labute approximate surface area is 90.2 Å². The summed E-state index contributed by atoms with van der Waals surface area (Å²) >= 11 is 4.72. The van der Waals surface area contributed by atoms with Gasteiger partial charge in [-0.05, 0) is 27.7 Å². The predicted molar refractivity (Wildman–Crippen MR) is 60.2 cm³/mol. The molecule has 82 valence electrons. The van der Waals surface area contributed by atoms with Crippen LogP contribution >= 0.6 is 12.2 Å². The van der Waals surface area contributed by atoms with Crippen LogP contribution in [0.2, 0.25) is 0 Å². The summed E-state index contributed by atoms with van der Waals surface area (Å²) in [7, 11) is 0. The number of amides is 1. The van der Waals surface area contributed by atoms with E-state index in [-0.39, 0.29) is 6.04 Å². The second-order valence-corrected chi connectivity index (χ2v) is 4.74. The van der Waals surface area contributed by atoms with Crippen LogP contribution in [0, 0.1) is 0 Å². The molecule has 0 aliphatic carbocycles. The fourth-order valence-electron chi connectivity index (χ4n) is 0.862. The highest BCUT2D eigenvalue weighted by Gasteiger charge is 2.17. The van der Waals surface area contributed by atoms with Crippen LogP contribution in [0.3, 0.4) is 0 Å². The standard InChI is InChI=1S/C9H18N2O2S/c1-6(5-7(10)14)11-8(12)13-9(2,3)4/h6H,5H2,1-4H3,(H2,10,14)(H,11,12). The topological polar surface area (TPSA) is 64.3 Å². The molecule has 5 heteroatoms. The molecule has 0 radical (unpaired) electrons. The van der Waals surface area contributed by atoms with Crippen molar-refractivity contribution in [1.29, 1.82) is 0 Å². The van der Waals surface area contributed by atoms with Crippen LogP contribution in [0.1, 0.15) is 34.1 Å². The third kappa shape index (κ3) is 7.79. The molecule has 0 rings (SSSR count). The van der Waals surface area contributed by atoms with Gasteiger partial charge in [0.2, 0.25) is 0 Å². The summed E-state index contributed by atoms with van der Waals surface area (Å²) in [5, 5.41) is 2.64. The van der Waals surface area contributed by atoms with Crippen LogP contribution in [0.15, 0.2) is 0 Å². The Morgan fingerprint density at radius 3 is 2.43 bits per heavy atom. The number of alkyl carbamates (subject to hydrolysis) is 1. The largest absolute Gasteiger partial charge is 0.444 e. The van der Waals surface area contributed by atoms with Gasteiger partial charge in [-0.25, -0.2) is 4.79 Å². The molecule has 4 nitrogen and oxygen atoms in total. The molecule has 0 aromatic rings. The van der Waals surface area contributed by atoms with Crippen molar-refractivity contribution >= 4 is 23.3 Å². The van der Waals surface area contributed by atoms with Gasteiger partial charge in [0.05, 0.1) is 4.99 Å². The lowest BCUT2D eigenvalue weighted by molar-refractivity contribution is 0.0510. The van der Waals surface area contributed by atoms with Gasteiger partial charge in [0.1, 0.15) is 5.60 Å². The number of carbonyl (C=O) groups excluding carboxylic acids is 1. The minimum Gasteiger partial charge on any atom is -0.444 e. The number of carbonyl (C=O) groups is 1. The molecule has 3 N–H and O–H groups in total. The van der Waals surface area contributed by atoms with Crippen molar-refractivity contribution in [3.63, 3.8) is 0 Å². The zero-order valence-corrected chi connectivity index (χ0v) is 9.90. The fourth-order valence-corrected chi connectivity index (χ4v) is 1.11. The smallest absolute Gasteiger partial charge is 0.407 e. The van der Waals surface area contributed by atoms with Gasteiger partial charge in [0.25, 0.3) is 0 Å². The average Bonchev–Trinajstić information content (AvgIpc) is 1.77. The first kappa shape index (κ1) is 13.2. The zero-order valence-electron chi connectivity index (χ0n) is 9.09. The van der Waals surface area contributed by atoms with Crippen molar-refractivity contribution < 1.29 is 9.53 Å². The molecule has 1 amide bonds. The first-order valence-corrected chi connectivity index (χ1v) is 4.89. The average molecular weight is 218 g/mol. The van der Waals surface area contributed by atoms with Crippen molar-refractivity contribution in [2.45, 2.75) is 45.8 Å². The molecule has 0 saturated carbocycles. The third-order valence-electron chi connectivity index (χ3n) is 1.27. The summed E-state index contributed by atoms with van der Waals surface area (Å²) in [6, 6.07) is -0.0950. The summed E-state index contributed by atoms with van der Waals surface area (Å²) in [5.41, 5.74) is 4.86. The van der Waals surface area contributed by atoms with Gasteiger partial charge in [-0.2, -0.15) is 0 Å². The lowest BCUT2D eigenvalue weighted by Crippen LogP contribution is -2.39. The summed E-state index contributed by atoms with van der Waals surface area (Å²) in [5.74, 6) is 0. The van der Waals surface area contributed by atoms with Crippen LogP contribution in [0.5, 0.6) is 0 Å². The molecule has 0 heterocycles. The van der Waals surface area contributed by atoms with Gasteiger partial charge in [-0.15, -0.1) is 0 Å². The highest BCUT2D eigenvalue weighted by Crippen LogP contribution is 2.06. The van der Waals surface area contributed by atoms with E-state index in [1.54, 1.807) is 0 Å². The van der Waals surface area contributed by atoms with Crippen LogP contribution in [0.4, 0.5) is 4.79 Å². The first-order chi connectivity index (χ1) is 6.20. The number of thiocarbonyl (C=S) groups is 1. The Bertz CT molecular complexity index is 223. The summed E-state index contributed by atoms with van der Waals surface area (Å²) in [6.45, 7) is 7.25. The highest BCUT2D eigenvalue weighted by molar-refractivity contribution is 7.80. The quantitative estimate of drug-likeness (QED) is 0.706. The minimum absolute atomic E-state index is 0.0950. The molecular weight excluding hydrogens is 200 g/mol. The Morgan fingerprint density at radius 2 is 2.07 bits per heavy atom. The second kappa shape index (κ2) is 5.14. The first-order valence-electron chi connectivity index (χ1n) is 4.48. The Balaban J connectivity index is 3.89. The van der Waals surface area contributed by atoms with Gasteiger partial charge < -0.3 is 15.8 Å². The van der Waals surface area contributed by atoms with Gasteiger partial charge in [-0.1, -0.05) is 12.2 Å². The van der Waals surface area contributed by atoms with Crippen molar-refractivity contribution in [2.75, 3.05) is 0 Å². The van der Waals surface area contributed by atoms with Crippen molar-refractivity contribution in [1.82, 2.24) is 5.32 Å². The monoisotopic (exact) mass is 218 g/mol. The van der Waals surface area contributed by atoms with Crippen LogP contribution in [0.25, 0.3) is 0 Å². The van der Waals surface area contributed by atoms with E-state index in [4.69, 9.17) is 22.7 Å². The van der Waals surface area contributed by atoms with Gasteiger partial charge in [0, 0.05) is 12.5 Å². The molecule has 0 aromatic carbocycles. The third-order valence-corrected chi connectivity index (χ3v) is 1.44. The van der Waals surface area contributed by atoms with Gasteiger partial charge >= 0.3 is 6.09 Å². The zero-order chi connectivity index (χ0) is 11.4. The van der Waals surface area contributed by atoms with E-state index in [1.807, 2.05) is 27.7 Å². The summed E-state index contributed by atoms with van der Waals surface area (Å²) in [4.78, 5) is 11.6. The van der Waals surface area contributed by atoms with E-state index >= 15 is 0 Å². The minimum atomic E-state index is -0.479. The lowest BCUT2D eigenvalue weighted by Gasteiger charge is -2.21. The van der Waals surface area contributed by atoms with Gasteiger partial charge in [-0.3, -0.25) is 0 Å². The number of nitrogens with one attached hydrogen (secondary N) is 1. The molecule has 1 unspecified atom stereocenters. The van der Waals surface area contributed by atoms with Crippen LogP contribution in [-0.2, 0) is 4.74 Å². The van der Waals surface area contributed by atoms with Crippen LogP contribution < -0.4 is 11.1 Å². The maximum atomic E-state index is 11.2. The van der Waals surface area contributed by atoms with E-state index < -0.39 is 11.7 Å². The van der Waals surface area contributed by atoms with E-state index in [0.29, 0.717) is 11.4 Å². The van der Waals surface area contributed by atoms with Gasteiger partial charge in [0.15, 0.2) is 0 Å². The number of hydrogen-bond donors (Lipinski definition) is 2. The lowest BCUT2D eigenvalue weighted by atomic mass is 10.2. The number of nitrogens with two attached hydrogens (primary N) is 1. The molecule has 0 aliphatic rings. The molecule has 0 bridgehead atoms. The maximum Gasteiger partial charge on any atom is 0.407 e. The summed E-state index contributed by atoms with van der Waals surface area (Å²) < 4.78 is 5.06. The van der Waals surface area contributed by atoms with Crippen molar-refractivity contribution in [2.24, 2.45) is 5.73 Å². The van der Waals surface area contributed by atoms with Crippen LogP contribution in [-0.4, -0.2) is 22.7 Å². The van der Waals surface area contributed by atoms with Crippen molar-refractivity contribution in [3.8, 4) is 0 Å². The van der Waals surface area contributed by atoms with E-state index in [1.165, 1.54) is 0 Å². The highest BCUT2D eigenvalue weighted by atomic mass is 32.1. The molecular formula is C9H18N2O2S. The number of rotatable bonds is 3. The molecule has 0 fully saturated rings. The molecule has 0 saturated heterocycles. The maximum absolute atomic E-state index is 11.2. The molecule has 0 spiro atoms. The SMILES string of the molecule is CC(CC(N)=S)NC(=O)OC(C)(C)C. The normalized spacial score (nSPS) is 13.1. The molecule has 14 heavy (non-hydrogen) atoms. The Kier molecular flexibility index (Phi) is 4.83. The van der Waals surface area contributed by atoms with Crippen molar-refractivity contribution in [3.05, 3.63) is 0 Å². The molecule has 0 aliphatic heterocycles. The Hall–Kier alpha value is -0.840.